The van der Waals surface area contributed by atoms with Crippen molar-refractivity contribution in [2.24, 2.45) is 5.92 Å². The van der Waals surface area contributed by atoms with Gasteiger partial charge in [0.15, 0.2) is 0 Å². The molecule has 2 heterocycles. The van der Waals surface area contributed by atoms with Gasteiger partial charge < -0.3 is 15.1 Å². The third kappa shape index (κ3) is 5.22. The van der Waals surface area contributed by atoms with Crippen LogP contribution in [0.25, 0.3) is 0 Å². The lowest BCUT2D eigenvalue weighted by molar-refractivity contribution is 0.152. The van der Waals surface area contributed by atoms with E-state index in [2.05, 4.69) is 15.1 Å². The van der Waals surface area contributed by atoms with Crippen LogP contribution >= 0.6 is 0 Å². The predicted octanol–water partition coefficient (Wildman–Crippen LogP) is 2.72. The van der Waals surface area contributed by atoms with Crippen LogP contribution in [0.3, 0.4) is 0 Å². The zero-order valence-corrected chi connectivity index (χ0v) is 13.9. The van der Waals surface area contributed by atoms with Crippen LogP contribution < -0.4 is 5.32 Å². The first-order valence-electron chi connectivity index (χ1n) is 9.58. The van der Waals surface area contributed by atoms with Crippen molar-refractivity contribution in [3.8, 4) is 0 Å². The van der Waals surface area contributed by atoms with Crippen LogP contribution in [0.1, 0.15) is 57.8 Å². The van der Waals surface area contributed by atoms with Crippen LogP contribution in [0, 0.1) is 5.92 Å². The smallest absolute Gasteiger partial charge is 0.00670 e. The molecule has 0 aromatic carbocycles. The second kappa shape index (κ2) is 8.50. The molecule has 1 N–H and O–H groups in total. The monoisotopic (exact) mass is 293 g/mol. The van der Waals surface area contributed by atoms with Crippen molar-refractivity contribution in [1.29, 1.82) is 0 Å². The van der Waals surface area contributed by atoms with E-state index in [9.17, 15) is 0 Å². The van der Waals surface area contributed by atoms with Gasteiger partial charge in [-0.15, -0.1) is 0 Å². The highest BCUT2D eigenvalue weighted by Gasteiger charge is 2.22. The summed E-state index contributed by atoms with van der Waals surface area (Å²) in [6.07, 6.45) is 12.8. The van der Waals surface area contributed by atoms with Gasteiger partial charge in [0.1, 0.15) is 0 Å². The molecule has 0 radical (unpaired) electrons. The molecule has 0 unspecified atom stereocenters. The van der Waals surface area contributed by atoms with Crippen molar-refractivity contribution in [3.05, 3.63) is 0 Å². The lowest BCUT2D eigenvalue weighted by Crippen LogP contribution is -2.39. The Morgan fingerprint density at radius 1 is 0.762 bits per heavy atom. The third-order valence-corrected chi connectivity index (χ3v) is 5.86. The van der Waals surface area contributed by atoms with Crippen molar-refractivity contribution < 1.29 is 0 Å². The van der Waals surface area contributed by atoms with Gasteiger partial charge in [-0.2, -0.15) is 0 Å². The van der Waals surface area contributed by atoms with Crippen LogP contribution in [-0.2, 0) is 0 Å². The van der Waals surface area contributed by atoms with E-state index < -0.39 is 0 Å². The minimum absolute atomic E-state index is 0.844. The Morgan fingerprint density at radius 3 is 2.19 bits per heavy atom. The second-order valence-corrected chi connectivity index (χ2v) is 7.58. The molecule has 1 aliphatic carbocycles. The molecule has 0 amide bonds. The highest BCUT2D eigenvalue weighted by atomic mass is 15.2. The number of likely N-dealkylation sites (tertiary alicyclic amines) is 2. The largest absolute Gasteiger partial charge is 0.314 e. The topological polar surface area (TPSA) is 18.5 Å². The van der Waals surface area contributed by atoms with Gasteiger partial charge in [-0.3, -0.25) is 0 Å². The lowest BCUT2D eigenvalue weighted by atomic mass is 9.96. The summed E-state index contributed by atoms with van der Waals surface area (Å²) in [7, 11) is 0. The number of piperidine rings is 1. The minimum atomic E-state index is 0.844. The van der Waals surface area contributed by atoms with E-state index in [-0.39, 0.29) is 0 Å². The van der Waals surface area contributed by atoms with E-state index in [0.29, 0.717) is 0 Å². The summed E-state index contributed by atoms with van der Waals surface area (Å²) >= 11 is 0. The lowest BCUT2D eigenvalue weighted by Gasteiger charge is -2.34. The number of nitrogens with one attached hydrogen (secondary N) is 1. The van der Waals surface area contributed by atoms with Crippen molar-refractivity contribution in [3.63, 3.8) is 0 Å². The fraction of sp³-hybridized carbons (Fsp3) is 1.00. The molecular formula is C18H35N3. The molecule has 2 saturated heterocycles. The highest BCUT2D eigenvalue weighted by Crippen LogP contribution is 2.21. The highest BCUT2D eigenvalue weighted by molar-refractivity contribution is 4.78. The molecule has 0 spiro atoms. The van der Waals surface area contributed by atoms with Gasteiger partial charge in [0, 0.05) is 12.6 Å². The molecule has 2 aliphatic heterocycles. The summed E-state index contributed by atoms with van der Waals surface area (Å²) < 4.78 is 0. The zero-order valence-electron chi connectivity index (χ0n) is 13.9. The third-order valence-electron chi connectivity index (χ3n) is 5.86. The average molecular weight is 293 g/mol. The van der Waals surface area contributed by atoms with Crippen molar-refractivity contribution in [2.45, 2.75) is 63.8 Å². The maximum Gasteiger partial charge on any atom is 0.00670 e. The minimum Gasteiger partial charge on any atom is -0.314 e. The van der Waals surface area contributed by atoms with Gasteiger partial charge in [0.05, 0.1) is 0 Å². The van der Waals surface area contributed by atoms with Gasteiger partial charge in [-0.05, 0) is 90.1 Å². The van der Waals surface area contributed by atoms with E-state index in [0.717, 1.165) is 12.0 Å². The number of rotatable bonds is 7. The van der Waals surface area contributed by atoms with Gasteiger partial charge in [-0.25, -0.2) is 0 Å². The zero-order chi connectivity index (χ0) is 14.3. The van der Waals surface area contributed by atoms with E-state index in [4.69, 9.17) is 0 Å². The van der Waals surface area contributed by atoms with Crippen LogP contribution in [0.5, 0.6) is 0 Å². The van der Waals surface area contributed by atoms with Gasteiger partial charge in [0.2, 0.25) is 0 Å². The SMILES string of the molecule is C1CCC(NCCCN2CCC(CN3CCCC3)CC2)C1. The maximum absolute atomic E-state index is 3.74. The Balaban J connectivity index is 1.22. The molecule has 1 saturated carbocycles. The fourth-order valence-corrected chi connectivity index (χ4v) is 4.46. The second-order valence-electron chi connectivity index (χ2n) is 7.58. The molecule has 3 nitrogen and oxygen atoms in total. The summed E-state index contributed by atoms with van der Waals surface area (Å²) in [6.45, 7) is 9.37. The molecular weight excluding hydrogens is 258 g/mol. The molecule has 0 bridgehead atoms. The molecule has 3 heteroatoms. The fourth-order valence-electron chi connectivity index (χ4n) is 4.46. The molecule has 0 aromatic rings. The Labute approximate surface area is 131 Å². The number of nitrogens with zero attached hydrogens (tertiary/aromatic N) is 2. The van der Waals surface area contributed by atoms with Crippen LogP contribution in [0.4, 0.5) is 0 Å². The molecule has 122 valence electrons. The first-order chi connectivity index (χ1) is 10.4. The molecule has 3 fully saturated rings. The molecule has 0 aromatic heterocycles. The van der Waals surface area contributed by atoms with Gasteiger partial charge in [0.25, 0.3) is 0 Å². The first kappa shape index (κ1) is 15.8. The standard InChI is InChI=1S/C18H35N3/c1-2-7-18(6-1)19-10-5-13-20-14-8-17(9-15-20)16-21-11-3-4-12-21/h17-19H,1-16H2. The number of hydrogen-bond donors (Lipinski definition) is 1. The molecule has 3 aliphatic rings. The Kier molecular flexibility index (Phi) is 6.38. The molecule has 21 heavy (non-hydrogen) atoms. The van der Waals surface area contributed by atoms with Crippen LogP contribution in [0.2, 0.25) is 0 Å². The van der Waals surface area contributed by atoms with E-state index in [1.807, 2.05) is 0 Å². The summed E-state index contributed by atoms with van der Waals surface area (Å²) in [4.78, 5) is 5.41. The van der Waals surface area contributed by atoms with Crippen LogP contribution in [0.15, 0.2) is 0 Å². The summed E-state index contributed by atoms with van der Waals surface area (Å²) in [5, 5.41) is 3.74. The summed E-state index contributed by atoms with van der Waals surface area (Å²) in [5.41, 5.74) is 0. The molecule has 3 rings (SSSR count). The maximum atomic E-state index is 3.74. The van der Waals surface area contributed by atoms with Crippen LogP contribution in [-0.4, -0.2) is 61.7 Å². The van der Waals surface area contributed by atoms with Crippen molar-refractivity contribution in [1.82, 2.24) is 15.1 Å². The average Bonchev–Trinajstić information content (AvgIpc) is 3.19. The van der Waals surface area contributed by atoms with Crippen molar-refractivity contribution in [2.75, 3.05) is 45.8 Å². The quantitative estimate of drug-likeness (QED) is 0.728. The normalized spacial score (nSPS) is 26.9. The van der Waals surface area contributed by atoms with Gasteiger partial charge in [-0.1, -0.05) is 12.8 Å². The Bertz CT molecular complexity index is 271. The summed E-state index contributed by atoms with van der Waals surface area (Å²) in [5.74, 6) is 0.982. The molecule has 0 atom stereocenters. The Hall–Kier alpha value is -0.120. The predicted molar refractivity (Wildman–Crippen MR) is 89.7 cm³/mol. The van der Waals surface area contributed by atoms with Gasteiger partial charge >= 0.3 is 0 Å². The van der Waals surface area contributed by atoms with Crippen molar-refractivity contribution >= 4 is 0 Å². The summed E-state index contributed by atoms with van der Waals surface area (Å²) in [6, 6.07) is 0.844. The number of hydrogen-bond acceptors (Lipinski definition) is 3. The van der Waals surface area contributed by atoms with E-state index in [1.54, 1.807) is 0 Å². The first-order valence-corrected chi connectivity index (χ1v) is 9.58. The van der Waals surface area contributed by atoms with E-state index >= 15 is 0 Å². The van der Waals surface area contributed by atoms with E-state index in [1.165, 1.54) is 104 Å². The Morgan fingerprint density at radius 2 is 1.48 bits per heavy atom.